The van der Waals surface area contributed by atoms with Gasteiger partial charge in [-0.2, -0.15) is 5.10 Å². The Labute approximate surface area is 205 Å². The summed E-state index contributed by atoms with van der Waals surface area (Å²) in [5.74, 6) is -1.22. The van der Waals surface area contributed by atoms with Gasteiger partial charge in [-0.3, -0.25) is 14.8 Å². The Morgan fingerprint density at radius 2 is 1.86 bits per heavy atom. The Balaban J connectivity index is 1.34. The topological polar surface area (TPSA) is 75.4 Å². The number of hydrogen-bond donors (Lipinski definition) is 1. The van der Waals surface area contributed by atoms with Gasteiger partial charge in [0.05, 0.1) is 33.8 Å². The van der Waals surface area contributed by atoms with Crippen LogP contribution < -0.4 is 10.2 Å². The number of amides is 1. The molecule has 6 rings (SSSR count). The lowest BCUT2D eigenvalue weighted by Crippen LogP contribution is -2.39. The largest absolute Gasteiger partial charge is 0.362 e. The molecular weight excluding hydrogens is 462 g/mol. The average molecular weight is 485 g/mol. The number of pyridine rings is 1. The van der Waals surface area contributed by atoms with E-state index in [9.17, 15) is 13.6 Å². The predicted octanol–water partition coefficient (Wildman–Crippen LogP) is 5.32. The number of fused-ring (bicyclic) bond motifs is 2. The van der Waals surface area contributed by atoms with Crippen LogP contribution in [0.4, 0.5) is 20.2 Å². The predicted molar refractivity (Wildman–Crippen MR) is 133 cm³/mol. The van der Waals surface area contributed by atoms with Gasteiger partial charge < -0.3 is 10.2 Å². The highest BCUT2D eigenvalue weighted by atomic mass is 19.1. The normalized spacial score (nSPS) is 17.7. The molecule has 1 amide bonds. The first-order valence-corrected chi connectivity index (χ1v) is 11.7. The highest BCUT2D eigenvalue weighted by Gasteiger charge is 2.40. The molecular formula is C27H22F2N6O. The molecule has 0 bridgehead atoms. The van der Waals surface area contributed by atoms with Crippen LogP contribution in [-0.2, 0) is 5.54 Å². The fourth-order valence-electron chi connectivity index (χ4n) is 5.12. The zero-order valence-corrected chi connectivity index (χ0v) is 19.4. The van der Waals surface area contributed by atoms with Crippen LogP contribution in [0.25, 0.3) is 16.6 Å². The summed E-state index contributed by atoms with van der Waals surface area (Å²) >= 11 is 0. The quantitative estimate of drug-likeness (QED) is 0.374. The van der Waals surface area contributed by atoms with Crippen molar-refractivity contribution in [3.63, 3.8) is 0 Å². The molecule has 1 unspecified atom stereocenters. The van der Waals surface area contributed by atoms with Crippen molar-refractivity contribution in [3.05, 3.63) is 96.1 Å². The molecule has 1 N–H and O–H groups in total. The van der Waals surface area contributed by atoms with E-state index >= 15 is 0 Å². The summed E-state index contributed by atoms with van der Waals surface area (Å²) in [6.07, 6.45) is 8.01. The summed E-state index contributed by atoms with van der Waals surface area (Å²) in [5.41, 5.74) is 3.42. The molecule has 0 spiro atoms. The minimum absolute atomic E-state index is 0.314. The second kappa shape index (κ2) is 8.37. The highest BCUT2D eigenvalue weighted by molar-refractivity contribution is 6.09. The van der Waals surface area contributed by atoms with Gasteiger partial charge in [0.15, 0.2) is 0 Å². The Morgan fingerprint density at radius 3 is 2.72 bits per heavy atom. The van der Waals surface area contributed by atoms with Crippen molar-refractivity contribution in [3.8, 4) is 0 Å². The first-order chi connectivity index (χ1) is 17.4. The molecule has 0 radical (unpaired) electrons. The Kier molecular flexibility index (Phi) is 5.13. The number of nitrogens with one attached hydrogen (secondary N) is 1. The van der Waals surface area contributed by atoms with Crippen LogP contribution in [0.1, 0.15) is 35.7 Å². The number of carbonyl (C=O) groups excluding carboxylic acids is 1. The third-order valence-electron chi connectivity index (χ3n) is 6.94. The molecule has 36 heavy (non-hydrogen) atoms. The number of aromatic nitrogens is 4. The summed E-state index contributed by atoms with van der Waals surface area (Å²) in [4.78, 5) is 23.8. The number of carbonyl (C=O) groups is 1. The van der Waals surface area contributed by atoms with Crippen LogP contribution in [0.3, 0.4) is 0 Å². The van der Waals surface area contributed by atoms with Gasteiger partial charge in [0.25, 0.3) is 5.91 Å². The van der Waals surface area contributed by atoms with Crippen molar-refractivity contribution >= 4 is 33.8 Å². The van der Waals surface area contributed by atoms with Crippen molar-refractivity contribution in [1.82, 2.24) is 19.6 Å². The van der Waals surface area contributed by atoms with Crippen LogP contribution in [0.5, 0.6) is 0 Å². The smallest absolute Gasteiger partial charge is 0.259 e. The molecule has 3 aromatic heterocycles. The van der Waals surface area contributed by atoms with Gasteiger partial charge >= 0.3 is 0 Å². The standard InChI is InChI=1S/C27H22F2N6O/c1-27(21-13-17(28)3-5-22(21)29)8-2-11-34(27)19-7-12-35-25(15-19)20(16-32-35)26(36)33-18-4-6-23-24(14-18)31-10-9-30-23/h3-7,9-10,12-16H,2,8,11H2,1H3,(H,33,36). The van der Waals surface area contributed by atoms with Crippen molar-refractivity contribution < 1.29 is 13.6 Å². The van der Waals surface area contributed by atoms with E-state index in [1.54, 1.807) is 41.3 Å². The molecule has 9 heteroatoms. The minimum atomic E-state index is -0.723. The van der Waals surface area contributed by atoms with Gasteiger partial charge in [-0.1, -0.05) is 0 Å². The third-order valence-corrected chi connectivity index (χ3v) is 6.94. The fraction of sp³-hybridized carbons (Fsp3) is 0.185. The highest BCUT2D eigenvalue weighted by Crippen LogP contribution is 2.43. The first kappa shape index (κ1) is 22.1. The van der Waals surface area contributed by atoms with Crippen LogP contribution in [-0.4, -0.2) is 32.0 Å². The summed E-state index contributed by atoms with van der Waals surface area (Å²) < 4.78 is 30.4. The molecule has 4 heterocycles. The van der Waals surface area contributed by atoms with E-state index < -0.39 is 17.2 Å². The number of nitrogens with zero attached hydrogens (tertiary/aromatic N) is 5. The second-order valence-electron chi connectivity index (χ2n) is 9.14. The molecule has 0 saturated carbocycles. The molecule has 1 saturated heterocycles. The van der Waals surface area contributed by atoms with Gasteiger partial charge in [-0.05, 0) is 68.3 Å². The summed E-state index contributed by atoms with van der Waals surface area (Å²) in [5, 5.41) is 7.23. The lowest BCUT2D eigenvalue weighted by atomic mass is 9.88. The fourth-order valence-corrected chi connectivity index (χ4v) is 5.12. The van der Waals surface area contributed by atoms with E-state index in [0.717, 1.165) is 23.7 Å². The first-order valence-electron chi connectivity index (χ1n) is 11.7. The zero-order valence-electron chi connectivity index (χ0n) is 19.4. The van der Waals surface area contributed by atoms with Gasteiger partial charge in [0.1, 0.15) is 11.6 Å². The van der Waals surface area contributed by atoms with Crippen molar-refractivity contribution in [2.45, 2.75) is 25.3 Å². The van der Waals surface area contributed by atoms with Crippen LogP contribution in [0, 0.1) is 11.6 Å². The lowest BCUT2D eigenvalue weighted by molar-refractivity contribution is 0.102. The van der Waals surface area contributed by atoms with Crippen molar-refractivity contribution in [2.24, 2.45) is 0 Å². The van der Waals surface area contributed by atoms with Crippen molar-refractivity contribution in [2.75, 3.05) is 16.8 Å². The SMILES string of the molecule is CC1(c2cc(F)ccc2F)CCCN1c1ccn2ncc(C(=O)Nc3ccc4nccnc4c3)c2c1. The zero-order chi connectivity index (χ0) is 24.9. The molecule has 180 valence electrons. The Bertz CT molecular complexity index is 1630. The molecule has 7 nitrogen and oxygen atoms in total. The monoisotopic (exact) mass is 484 g/mol. The maximum absolute atomic E-state index is 14.8. The lowest BCUT2D eigenvalue weighted by Gasteiger charge is -2.38. The number of halogens is 2. The van der Waals surface area contributed by atoms with Crippen LogP contribution in [0.2, 0.25) is 0 Å². The van der Waals surface area contributed by atoms with Crippen LogP contribution in [0.15, 0.2) is 73.3 Å². The molecule has 0 aliphatic carbocycles. The van der Waals surface area contributed by atoms with E-state index in [1.807, 2.05) is 19.1 Å². The van der Waals surface area contributed by atoms with Gasteiger partial charge in [-0.15, -0.1) is 0 Å². The maximum Gasteiger partial charge on any atom is 0.259 e. The van der Waals surface area contributed by atoms with E-state index in [-0.39, 0.29) is 5.91 Å². The number of benzene rings is 2. The number of rotatable bonds is 4. The van der Waals surface area contributed by atoms with Gasteiger partial charge in [0, 0.05) is 42.1 Å². The van der Waals surface area contributed by atoms with E-state index in [2.05, 4.69) is 25.3 Å². The molecule has 1 atom stereocenters. The van der Waals surface area contributed by atoms with E-state index in [0.29, 0.717) is 40.8 Å². The Morgan fingerprint density at radius 1 is 1.03 bits per heavy atom. The molecule has 1 fully saturated rings. The van der Waals surface area contributed by atoms with E-state index in [1.165, 1.54) is 18.3 Å². The van der Waals surface area contributed by atoms with Crippen molar-refractivity contribution in [1.29, 1.82) is 0 Å². The average Bonchev–Trinajstić information content (AvgIpc) is 3.49. The molecule has 1 aliphatic heterocycles. The summed E-state index contributed by atoms with van der Waals surface area (Å²) in [6.45, 7) is 2.60. The number of anilines is 2. The summed E-state index contributed by atoms with van der Waals surface area (Å²) in [7, 11) is 0. The third kappa shape index (κ3) is 3.64. The second-order valence-corrected chi connectivity index (χ2v) is 9.14. The molecule has 5 aromatic rings. The van der Waals surface area contributed by atoms with Gasteiger partial charge in [-0.25, -0.2) is 13.3 Å². The van der Waals surface area contributed by atoms with Gasteiger partial charge in [0.2, 0.25) is 0 Å². The molecule has 2 aromatic carbocycles. The van der Waals surface area contributed by atoms with Crippen LogP contribution >= 0.6 is 0 Å². The summed E-state index contributed by atoms with van der Waals surface area (Å²) in [6, 6.07) is 12.7. The minimum Gasteiger partial charge on any atom is -0.362 e. The number of hydrogen-bond acceptors (Lipinski definition) is 5. The maximum atomic E-state index is 14.8. The molecule has 1 aliphatic rings. The van der Waals surface area contributed by atoms with E-state index in [4.69, 9.17) is 0 Å². The Hall–Kier alpha value is -4.40.